The number of carbonyl (C=O) groups excluding carboxylic acids is 2. The molecule has 0 saturated carbocycles. The number of anilines is 1. The van der Waals surface area contributed by atoms with Gasteiger partial charge in [-0.3, -0.25) is 14.5 Å². The van der Waals surface area contributed by atoms with Gasteiger partial charge in [-0.2, -0.15) is 5.26 Å². The van der Waals surface area contributed by atoms with Crippen LogP contribution >= 0.6 is 11.8 Å². The molecule has 5 nitrogen and oxygen atoms in total. The van der Waals surface area contributed by atoms with E-state index in [0.29, 0.717) is 17.1 Å². The maximum atomic E-state index is 13.2. The molecule has 1 heterocycles. The molecule has 1 aliphatic heterocycles. The topological polar surface area (TPSA) is 73.2 Å². The second-order valence-electron chi connectivity index (χ2n) is 6.12. The van der Waals surface area contributed by atoms with E-state index in [1.165, 1.54) is 23.7 Å². The first-order valence-corrected chi connectivity index (χ1v) is 9.41. The van der Waals surface area contributed by atoms with Crippen LogP contribution in [0.15, 0.2) is 65.2 Å². The maximum Gasteiger partial charge on any atom is 0.264 e. The highest BCUT2D eigenvalue weighted by atomic mass is 32.2. The molecule has 27 heavy (non-hydrogen) atoms. The molecule has 136 valence electrons. The van der Waals surface area contributed by atoms with Crippen LogP contribution in [-0.2, 0) is 16.0 Å². The molecule has 0 spiro atoms. The molecule has 2 aromatic carbocycles. The molecule has 0 radical (unpaired) electrons. The third-order valence-corrected chi connectivity index (χ3v) is 5.68. The first kappa shape index (κ1) is 18.7. The molecular formula is C21H19N3O2S. The molecule has 1 N–H and O–H groups in total. The van der Waals surface area contributed by atoms with E-state index in [9.17, 15) is 14.9 Å². The number of nitrogens with one attached hydrogen (secondary N) is 1. The summed E-state index contributed by atoms with van der Waals surface area (Å²) in [6.07, 6.45) is 0.537. The van der Waals surface area contributed by atoms with E-state index in [4.69, 9.17) is 0 Å². The fourth-order valence-corrected chi connectivity index (χ4v) is 4.26. The van der Waals surface area contributed by atoms with Gasteiger partial charge in [-0.15, -0.1) is 0 Å². The molecule has 2 aromatic rings. The molecular weight excluding hydrogens is 358 g/mol. The first-order valence-electron chi connectivity index (χ1n) is 8.53. The van der Waals surface area contributed by atoms with Gasteiger partial charge in [0.15, 0.2) is 0 Å². The molecule has 0 aromatic heterocycles. The monoisotopic (exact) mass is 377 g/mol. The predicted octanol–water partition coefficient (Wildman–Crippen LogP) is 3.17. The molecule has 6 heteroatoms. The number of carbonyl (C=O) groups is 2. The van der Waals surface area contributed by atoms with Gasteiger partial charge in [0.2, 0.25) is 5.91 Å². The van der Waals surface area contributed by atoms with Gasteiger partial charge < -0.3 is 5.32 Å². The maximum absolute atomic E-state index is 13.2. The van der Waals surface area contributed by atoms with E-state index in [-0.39, 0.29) is 11.5 Å². The molecule has 1 fully saturated rings. The summed E-state index contributed by atoms with van der Waals surface area (Å²) < 4.78 is 0. The summed E-state index contributed by atoms with van der Waals surface area (Å²) in [4.78, 5) is 26.9. The lowest BCUT2D eigenvalue weighted by Gasteiger charge is -2.18. The number of benzene rings is 2. The second-order valence-corrected chi connectivity index (χ2v) is 7.31. The van der Waals surface area contributed by atoms with Crippen LogP contribution in [0.1, 0.15) is 11.1 Å². The van der Waals surface area contributed by atoms with Gasteiger partial charge in [0.1, 0.15) is 16.7 Å². The number of rotatable bonds is 4. The average Bonchev–Trinajstić information content (AvgIpc) is 3.00. The molecule has 1 atom stereocenters. The lowest BCUT2D eigenvalue weighted by molar-refractivity contribution is -0.117. The van der Waals surface area contributed by atoms with Gasteiger partial charge in [0.25, 0.3) is 5.91 Å². The van der Waals surface area contributed by atoms with Crippen LogP contribution < -0.4 is 10.2 Å². The zero-order valence-corrected chi connectivity index (χ0v) is 15.9. The molecule has 0 unspecified atom stereocenters. The van der Waals surface area contributed by atoms with Crippen molar-refractivity contribution in [1.82, 2.24) is 5.32 Å². The summed E-state index contributed by atoms with van der Waals surface area (Å²) in [5.41, 5.74) is 2.79. The van der Waals surface area contributed by atoms with E-state index in [1.54, 1.807) is 12.1 Å². The number of hydrogen-bond acceptors (Lipinski definition) is 4. The number of likely N-dealkylation sites (N-methyl/N-ethyl adjacent to an activating group) is 1. The molecule has 0 bridgehead atoms. The Hall–Kier alpha value is -3.04. The lowest BCUT2D eigenvalue weighted by atomic mass is 10.0. The normalized spacial score (nSPS) is 18.2. The highest BCUT2D eigenvalue weighted by Gasteiger charge is 2.40. The Morgan fingerprint density at radius 3 is 2.48 bits per heavy atom. The van der Waals surface area contributed by atoms with Gasteiger partial charge in [-0.25, -0.2) is 0 Å². The predicted molar refractivity (Wildman–Crippen MR) is 107 cm³/mol. The van der Waals surface area contributed by atoms with E-state index in [1.807, 2.05) is 55.5 Å². The average molecular weight is 377 g/mol. The Labute approximate surface area is 162 Å². The van der Waals surface area contributed by atoms with Crippen molar-refractivity contribution in [2.75, 3.05) is 11.9 Å². The Bertz CT molecular complexity index is 947. The number of hydrogen-bond donors (Lipinski definition) is 1. The van der Waals surface area contributed by atoms with Crippen LogP contribution in [0.4, 0.5) is 5.69 Å². The number of thioether (sulfide) groups is 1. The first-order chi connectivity index (χ1) is 13.1. The highest BCUT2D eigenvalue weighted by molar-refractivity contribution is 8.05. The Morgan fingerprint density at radius 2 is 1.85 bits per heavy atom. The minimum Gasteiger partial charge on any atom is -0.354 e. The van der Waals surface area contributed by atoms with Crippen LogP contribution in [0.5, 0.6) is 0 Å². The van der Waals surface area contributed by atoms with E-state index < -0.39 is 11.2 Å². The summed E-state index contributed by atoms with van der Waals surface area (Å²) in [5, 5.41) is 12.0. The Morgan fingerprint density at radius 1 is 1.19 bits per heavy atom. The van der Waals surface area contributed by atoms with Gasteiger partial charge in [-0.1, -0.05) is 54.2 Å². The van der Waals surface area contributed by atoms with Crippen molar-refractivity contribution in [3.8, 4) is 6.07 Å². The molecule has 3 rings (SSSR count). The third-order valence-electron chi connectivity index (χ3n) is 4.41. The quantitative estimate of drug-likeness (QED) is 0.656. The Balaban J connectivity index is 2.05. The number of aryl methyl sites for hydroxylation is 1. The lowest BCUT2D eigenvalue weighted by Crippen LogP contribution is -2.31. The molecule has 1 saturated heterocycles. The summed E-state index contributed by atoms with van der Waals surface area (Å²) in [6.45, 7) is 2.01. The SMILES string of the molecule is CNC(=O)/C(C#N)=C1\S[C@H](Cc2ccccc2C)C(=O)N1c1ccccc1. The summed E-state index contributed by atoms with van der Waals surface area (Å²) in [7, 11) is 1.47. The molecule has 0 aliphatic carbocycles. The minimum atomic E-state index is -0.495. The number of amides is 2. The van der Waals surface area contributed by atoms with Gasteiger partial charge in [0, 0.05) is 12.7 Å². The van der Waals surface area contributed by atoms with Crippen LogP contribution in [0.3, 0.4) is 0 Å². The van der Waals surface area contributed by atoms with Crippen molar-refractivity contribution in [3.05, 3.63) is 76.3 Å². The number of para-hydroxylation sites is 1. The standard InChI is InChI=1S/C21H19N3O2S/c1-14-8-6-7-9-15(14)12-18-20(26)24(16-10-4-3-5-11-16)21(27-18)17(13-22)19(25)23-2/h3-11,18H,12H2,1-2H3,(H,23,25)/b21-17-/t18-/m1/s1. The van der Waals surface area contributed by atoms with Crippen LogP contribution in [0.2, 0.25) is 0 Å². The fraction of sp³-hybridized carbons (Fsp3) is 0.190. The van der Waals surface area contributed by atoms with Crippen LogP contribution in [0, 0.1) is 18.3 Å². The zero-order chi connectivity index (χ0) is 19.4. The van der Waals surface area contributed by atoms with Crippen LogP contribution in [-0.4, -0.2) is 24.1 Å². The van der Waals surface area contributed by atoms with Gasteiger partial charge in [-0.05, 0) is 36.6 Å². The number of nitriles is 1. The van der Waals surface area contributed by atoms with Crippen molar-refractivity contribution in [3.63, 3.8) is 0 Å². The third kappa shape index (κ3) is 3.74. The van der Waals surface area contributed by atoms with E-state index >= 15 is 0 Å². The van der Waals surface area contributed by atoms with Gasteiger partial charge in [0.05, 0.1) is 5.25 Å². The zero-order valence-electron chi connectivity index (χ0n) is 15.1. The van der Waals surface area contributed by atoms with E-state index in [2.05, 4.69) is 5.32 Å². The molecule has 1 aliphatic rings. The van der Waals surface area contributed by atoms with Crippen LogP contribution in [0.25, 0.3) is 0 Å². The number of nitrogens with zero attached hydrogens (tertiary/aromatic N) is 2. The smallest absolute Gasteiger partial charge is 0.264 e. The van der Waals surface area contributed by atoms with E-state index in [0.717, 1.165) is 11.1 Å². The summed E-state index contributed by atoms with van der Waals surface area (Å²) in [6, 6.07) is 19.0. The summed E-state index contributed by atoms with van der Waals surface area (Å²) in [5.74, 6) is -0.619. The minimum absolute atomic E-state index is 0.0491. The second kappa shape index (κ2) is 8.11. The fourth-order valence-electron chi connectivity index (χ4n) is 2.96. The Kier molecular flexibility index (Phi) is 5.63. The van der Waals surface area contributed by atoms with Crippen molar-refractivity contribution >= 4 is 29.3 Å². The highest BCUT2D eigenvalue weighted by Crippen LogP contribution is 2.41. The van der Waals surface area contributed by atoms with Crippen molar-refractivity contribution in [2.24, 2.45) is 0 Å². The van der Waals surface area contributed by atoms with Gasteiger partial charge >= 0.3 is 0 Å². The molecule has 2 amide bonds. The van der Waals surface area contributed by atoms with Crippen molar-refractivity contribution < 1.29 is 9.59 Å². The largest absolute Gasteiger partial charge is 0.354 e. The van der Waals surface area contributed by atoms with Crippen molar-refractivity contribution in [2.45, 2.75) is 18.6 Å². The van der Waals surface area contributed by atoms with Crippen molar-refractivity contribution in [1.29, 1.82) is 5.26 Å². The summed E-state index contributed by atoms with van der Waals surface area (Å²) >= 11 is 1.27.